The number of urea groups is 1. The molecule has 2 heterocycles. The summed E-state index contributed by atoms with van der Waals surface area (Å²) in [7, 11) is 0. The van der Waals surface area contributed by atoms with Gasteiger partial charge in [0, 0.05) is 37.3 Å². The molecule has 0 aliphatic carbocycles. The van der Waals surface area contributed by atoms with Gasteiger partial charge in [-0.3, -0.25) is 0 Å². The third-order valence-corrected chi connectivity index (χ3v) is 4.49. The second-order valence-corrected chi connectivity index (χ2v) is 5.93. The van der Waals surface area contributed by atoms with E-state index in [1.807, 2.05) is 0 Å². The number of rotatable bonds is 3. The minimum absolute atomic E-state index is 0.309. The number of hydrogen-bond donors (Lipinski definition) is 2. The summed E-state index contributed by atoms with van der Waals surface area (Å²) >= 11 is 0. The fourth-order valence-corrected chi connectivity index (χ4v) is 3.13. The van der Waals surface area contributed by atoms with Crippen LogP contribution in [-0.4, -0.2) is 43.3 Å². The predicted molar refractivity (Wildman–Crippen MR) is 82.4 cm³/mol. The number of anilines is 1. The van der Waals surface area contributed by atoms with Gasteiger partial charge < -0.3 is 20.7 Å². The first-order chi connectivity index (χ1) is 10.2. The number of piperidine rings is 1. The molecule has 0 saturated carbocycles. The number of ether oxygens (including phenoxy) is 1. The molecule has 1 aromatic rings. The van der Waals surface area contributed by atoms with Gasteiger partial charge in [0.25, 0.3) is 0 Å². The van der Waals surface area contributed by atoms with Gasteiger partial charge in [0.2, 0.25) is 0 Å². The number of carbonyl (C=O) groups is 1. The summed E-state index contributed by atoms with van der Waals surface area (Å²) in [5, 5.41) is 3.55. The lowest BCUT2D eigenvalue weighted by molar-refractivity contribution is 0.193. The van der Waals surface area contributed by atoms with Crippen molar-refractivity contribution >= 4 is 11.7 Å². The van der Waals surface area contributed by atoms with Gasteiger partial charge in [-0.05, 0) is 37.0 Å². The second kappa shape index (κ2) is 6.35. The number of amides is 2. The van der Waals surface area contributed by atoms with Crippen molar-refractivity contribution in [2.75, 3.05) is 31.6 Å². The number of hydrogen-bond acceptors (Lipinski definition) is 3. The van der Waals surface area contributed by atoms with Crippen LogP contribution in [0.2, 0.25) is 0 Å². The third-order valence-electron chi connectivity index (χ3n) is 4.49. The predicted octanol–water partition coefficient (Wildman–Crippen LogP) is 2.15. The van der Waals surface area contributed by atoms with Crippen LogP contribution in [0.3, 0.4) is 0 Å². The van der Waals surface area contributed by atoms with Crippen molar-refractivity contribution in [3.05, 3.63) is 29.8 Å². The molecule has 0 aromatic heterocycles. The van der Waals surface area contributed by atoms with E-state index in [0.29, 0.717) is 12.0 Å². The van der Waals surface area contributed by atoms with Gasteiger partial charge in [0.15, 0.2) is 0 Å². The summed E-state index contributed by atoms with van der Waals surface area (Å²) in [5.74, 6) is 0.554. The fourth-order valence-electron chi connectivity index (χ4n) is 3.13. The van der Waals surface area contributed by atoms with E-state index in [1.165, 1.54) is 5.56 Å². The number of nitrogens with two attached hydrogens (primary N) is 1. The Morgan fingerprint density at radius 1 is 1.19 bits per heavy atom. The Kier molecular flexibility index (Phi) is 4.29. The van der Waals surface area contributed by atoms with Crippen LogP contribution in [0.15, 0.2) is 24.3 Å². The highest BCUT2D eigenvalue weighted by Crippen LogP contribution is 2.26. The van der Waals surface area contributed by atoms with E-state index in [-0.39, 0.29) is 6.03 Å². The smallest absolute Gasteiger partial charge is 0.314 e. The molecule has 5 heteroatoms. The first-order valence-electron chi connectivity index (χ1n) is 7.71. The van der Waals surface area contributed by atoms with Gasteiger partial charge in [0.1, 0.15) is 0 Å². The summed E-state index contributed by atoms with van der Waals surface area (Å²) in [5.41, 5.74) is 7.81. The molecule has 3 N–H and O–H groups in total. The van der Waals surface area contributed by atoms with Gasteiger partial charge >= 0.3 is 6.03 Å². The zero-order valence-electron chi connectivity index (χ0n) is 12.3. The molecule has 2 aliphatic heterocycles. The number of nitrogens with one attached hydrogen (secondary N) is 1. The average molecular weight is 289 g/mol. The summed E-state index contributed by atoms with van der Waals surface area (Å²) in [4.78, 5) is 12.8. The first-order valence-corrected chi connectivity index (χ1v) is 7.71. The average Bonchev–Trinajstić information content (AvgIpc) is 3.03. The van der Waals surface area contributed by atoms with Crippen molar-refractivity contribution in [3.8, 4) is 0 Å². The lowest BCUT2D eigenvalue weighted by Crippen LogP contribution is -2.44. The lowest BCUT2D eigenvalue weighted by Gasteiger charge is -2.31. The molecule has 2 fully saturated rings. The fraction of sp³-hybridized carbons (Fsp3) is 0.562. The van der Waals surface area contributed by atoms with Gasteiger partial charge in [-0.1, -0.05) is 12.1 Å². The molecule has 2 aliphatic rings. The Hall–Kier alpha value is -1.75. The summed E-state index contributed by atoms with van der Waals surface area (Å²) < 4.78 is 5.43. The topological polar surface area (TPSA) is 67.6 Å². The van der Waals surface area contributed by atoms with Crippen molar-refractivity contribution in [3.63, 3.8) is 0 Å². The lowest BCUT2D eigenvalue weighted by atomic mass is 9.98. The van der Waals surface area contributed by atoms with E-state index in [1.54, 1.807) is 4.90 Å². The highest BCUT2D eigenvalue weighted by Gasteiger charge is 2.21. The Balaban J connectivity index is 1.52. The Morgan fingerprint density at radius 3 is 2.48 bits per heavy atom. The standard InChI is InChI=1S/C16H23N3O2/c17-16(20)19-8-5-15(6-9-19)18-14-3-1-12(2-4-14)13-7-10-21-11-13/h1-4,13,15,18H,5-11H2,(H2,17,20). The van der Waals surface area contributed by atoms with Crippen LogP contribution in [0.25, 0.3) is 0 Å². The van der Waals surface area contributed by atoms with E-state index in [0.717, 1.165) is 51.3 Å². The molecule has 2 amide bonds. The van der Waals surface area contributed by atoms with Crippen molar-refractivity contribution in [1.29, 1.82) is 0 Å². The van der Waals surface area contributed by atoms with Crippen LogP contribution in [0.1, 0.15) is 30.7 Å². The highest BCUT2D eigenvalue weighted by molar-refractivity contribution is 5.72. The molecule has 2 saturated heterocycles. The minimum Gasteiger partial charge on any atom is -0.382 e. The quantitative estimate of drug-likeness (QED) is 0.896. The molecule has 114 valence electrons. The number of likely N-dealkylation sites (tertiary alicyclic amines) is 1. The van der Waals surface area contributed by atoms with Crippen molar-refractivity contribution in [2.24, 2.45) is 5.73 Å². The maximum atomic E-state index is 11.1. The molecule has 3 rings (SSSR count). The van der Waals surface area contributed by atoms with Crippen LogP contribution < -0.4 is 11.1 Å². The molecule has 21 heavy (non-hydrogen) atoms. The van der Waals surface area contributed by atoms with Gasteiger partial charge in [0.05, 0.1) is 6.61 Å². The maximum Gasteiger partial charge on any atom is 0.314 e. The summed E-state index contributed by atoms with van der Waals surface area (Å²) in [6.07, 6.45) is 3.01. The Morgan fingerprint density at radius 2 is 1.90 bits per heavy atom. The van der Waals surface area contributed by atoms with Crippen molar-refractivity contribution < 1.29 is 9.53 Å². The van der Waals surface area contributed by atoms with Gasteiger partial charge in [-0.25, -0.2) is 4.79 Å². The zero-order chi connectivity index (χ0) is 14.7. The van der Waals surface area contributed by atoms with Crippen molar-refractivity contribution in [2.45, 2.75) is 31.2 Å². The van der Waals surface area contributed by atoms with Gasteiger partial charge in [-0.2, -0.15) is 0 Å². The van der Waals surface area contributed by atoms with Crippen molar-refractivity contribution in [1.82, 2.24) is 4.90 Å². The van der Waals surface area contributed by atoms with E-state index < -0.39 is 0 Å². The van der Waals surface area contributed by atoms with Gasteiger partial charge in [-0.15, -0.1) is 0 Å². The number of benzene rings is 1. The molecule has 5 nitrogen and oxygen atoms in total. The van der Waals surface area contributed by atoms with Crippen LogP contribution in [0.4, 0.5) is 10.5 Å². The highest BCUT2D eigenvalue weighted by atomic mass is 16.5. The molecular weight excluding hydrogens is 266 g/mol. The summed E-state index contributed by atoms with van der Waals surface area (Å²) in [6, 6.07) is 8.79. The Bertz CT molecular complexity index is 475. The van der Waals surface area contributed by atoms with E-state index in [2.05, 4.69) is 29.6 Å². The van der Waals surface area contributed by atoms with E-state index >= 15 is 0 Å². The molecule has 0 bridgehead atoms. The van der Waals surface area contributed by atoms with Crippen LogP contribution in [-0.2, 0) is 4.74 Å². The largest absolute Gasteiger partial charge is 0.382 e. The monoisotopic (exact) mass is 289 g/mol. The summed E-state index contributed by atoms with van der Waals surface area (Å²) in [6.45, 7) is 3.20. The molecule has 1 unspecified atom stereocenters. The third kappa shape index (κ3) is 3.47. The first kappa shape index (κ1) is 14.2. The number of primary amides is 1. The van der Waals surface area contributed by atoms with Crippen LogP contribution in [0, 0.1) is 0 Å². The zero-order valence-corrected chi connectivity index (χ0v) is 12.3. The minimum atomic E-state index is -0.309. The van der Waals surface area contributed by atoms with Crippen LogP contribution in [0.5, 0.6) is 0 Å². The van der Waals surface area contributed by atoms with E-state index in [9.17, 15) is 4.79 Å². The van der Waals surface area contributed by atoms with E-state index in [4.69, 9.17) is 10.5 Å². The number of nitrogens with zero attached hydrogens (tertiary/aromatic N) is 1. The SMILES string of the molecule is NC(=O)N1CCC(Nc2ccc(C3CCOC3)cc2)CC1. The normalized spacial score (nSPS) is 23.2. The molecule has 0 spiro atoms. The maximum absolute atomic E-state index is 11.1. The van der Waals surface area contributed by atoms with Crippen LogP contribution >= 0.6 is 0 Å². The molecule has 0 radical (unpaired) electrons. The molecular formula is C16H23N3O2. The second-order valence-electron chi connectivity index (χ2n) is 5.93. The molecule has 1 aromatic carbocycles. The number of carbonyl (C=O) groups excluding carboxylic acids is 1. The Labute approximate surface area is 125 Å². The molecule has 1 atom stereocenters.